The average molecular weight is 361 g/mol. The molecular formula is C19H33ClO4. The van der Waals surface area contributed by atoms with E-state index in [4.69, 9.17) is 26.2 Å². The van der Waals surface area contributed by atoms with Gasteiger partial charge >= 0.3 is 0 Å². The second kappa shape index (κ2) is 11.3. The number of rotatable bonds is 5. The van der Waals surface area contributed by atoms with Gasteiger partial charge in [-0.05, 0) is 32.1 Å². The minimum Gasteiger partial charge on any atom is -0.400 e. The molecule has 5 heteroatoms. The SMILES string of the molecule is CC(/C=C/C1CC(O)(CCl)CCO1)=C\CC1OCCCC1C.CO. The Hall–Kier alpha value is -0.390. The van der Waals surface area contributed by atoms with E-state index in [1.54, 1.807) is 0 Å². The average Bonchev–Trinajstić information content (AvgIpc) is 2.61. The van der Waals surface area contributed by atoms with Crippen LogP contribution in [0.4, 0.5) is 0 Å². The van der Waals surface area contributed by atoms with E-state index in [0.717, 1.165) is 20.1 Å². The number of allylic oxidation sites excluding steroid dienone is 2. The molecule has 4 atom stereocenters. The minimum atomic E-state index is -0.780. The molecule has 4 unspecified atom stereocenters. The molecule has 2 aliphatic heterocycles. The van der Waals surface area contributed by atoms with Crippen LogP contribution < -0.4 is 0 Å². The molecule has 0 aromatic rings. The molecular weight excluding hydrogens is 328 g/mol. The summed E-state index contributed by atoms with van der Waals surface area (Å²) in [4.78, 5) is 0. The van der Waals surface area contributed by atoms with E-state index in [-0.39, 0.29) is 12.0 Å². The Labute approximate surface area is 151 Å². The molecule has 24 heavy (non-hydrogen) atoms. The summed E-state index contributed by atoms with van der Waals surface area (Å²) in [5, 5.41) is 17.2. The second-order valence-corrected chi connectivity index (χ2v) is 7.06. The highest BCUT2D eigenvalue weighted by molar-refractivity contribution is 6.18. The van der Waals surface area contributed by atoms with Gasteiger partial charge in [-0.3, -0.25) is 0 Å². The molecule has 0 amide bonds. The Morgan fingerprint density at radius 3 is 2.71 bits per heavy atom. The van der Waals surface area contributed by atoms with E-state index in [9.17, 15) is 5.11 Å². The molecule has 2 N–H and O–H groups in total. The van der Waals surface area contributed by atoms with E-state index in [2.05, 4.69) is 26.0 Å². The predicted octanol–water partition coefficient (Wildman–Crippen LogP) is 3.45. The first-order valence-electron chi connectivity index (χ1n) is 8.84. The molecule has 140 valence electrons. The summed E-state index contributed by atoms with van der Waals surface area (Å²) in [6.45, 7) is 5.82. The minimum absolute atomic E-state index is 0.0503. The van der Waals surface area contributed by atoms with Gasteiger partial charge in [0.1, 0.15) is 0 Å². The number of alkyl halides is 1. The van der Waals surface area contributed by atoms with Crippen molar-refractivity contribution in [2.75, 3.05) is 26.2 Å². The Balaban J connectivity index is 0.00000139. The Kier molecular flexibility index (Phi) is 10.2. The monoisotopic (exact) mass is 360 g/mol. The van der Waals surface area contributed by atoms with Crippen molar-refractivity contribution in [3.05, 3.63) is 23.8 Å². The van der Waals surface area contributed by atoms with Gasteiger partial charge in [-0.2, -0.15) is 0 Å². The van der Waals surface area contributed by atoms with Crippen LogP contribution >= 0.6 is 11.6 Å². The van der Waals surface area contributed by atoms with Gasteiger partial charge < -0.3 is 19.7 Å². The van der Waals surface area contributed by atoms with Gasteiger partial charge in [0.2, 0.25) is 0 Å². The smallest absolute Gasteiger partial charge is 0.0832 e. The maximum absolute atomic E-state index is 10.2. The topological polar surface area (TPSA) is 58.9 Å². The normalized spacial score (nSPS) is 34.8. The van der Waals surface area contributed by atoms with Crippen molar-refractivity contribution >= 4 is 11.6 Å². The molecule has 2 rings (SSSR count). The van der Waals surface area contributed by atoms with Gasteiger partial charge in [-0.1, -0.05) is 30.7 Å². The van der Waals surface area contributed by atoms with Crippen molar-refractivity contribution in [1.29, 1.82) is 0 Å². The standard InChI is InChI=1S/C18H29ClO3.CH4O/c1-14(6-8-17-15(2)4-3-10-22-17)5-7-16-12-18(20,13-19)9-11-21-16;1-2/h5-7,15-17,20H,3-4,8-13H2,1-2H3;2H,1H3/b7-5+,14-6+;. The molecule has 0 aromatic carbocycles. The van der Waals surface area contributed by atoms with Crippen LogP contribution in [-0.4, -0.2) is 54.2 Å². The van der Waals surface area contributed by atoms with Crippen molar-refractivity contribution in [3.8, 4) is 0 Å². The molecule has 0 aromatic heterocycles. The van der Waals surface area contributed by atoms with Crippen LogP contribution in [0.5, 0.6) is 0 Å². The molecule has 2 aliphatic rings. The van der Waals surface area contributed by atoms with Crippen LogP contribution in [0.15, 0.2) is 23.8 Å². The van der Waals surface area contributed by atoms with E-state index in [1.807, 2.05) is 6.08 Å². The first kappa shape index (κ1) is 21.7. The summed E-state index contributed by atoms with van der Waals surface area (Å²) >= 11 is 5.84. The highest BCUT2D eigenvalue weighted by Crippen LogP contribution is 2.27. The van der Waals surface area contributed by atoms with Crippen molar-refractivity contribution < 1.29 is 19.7 Å². The van der Waals surface area contributed by atoms with Crippen LogP contribution in [0.25, 0.3) is 0 Å². The molecule has 2 fully saturated rings. The van der Waals surface area contributed by atoms with Gasteiger partial charge in [0.15, 0.2) is 0 Å². The fourth-order valence-electron chi connectivity index (χ4n) is 3.10. The largest absolute Gasteiger partial charge is 0.400 e. The third-order valence-corrected chi connectivity index (χ3v) is 5.24. The zero-order valence-electron chi connectivity index (χ0n) is 15.2. The number of aliphatic hydroxyl groups is 2. The Morgan fingerprint density at radius 1 is 1.29 bits per heavy atom. The fourth-order valence-corrected chi connectivity index (χ4v) is 3.34. The number of aliphatic hydroxyl groups excluding tert-OH is 1. The zero-order valence-corrected chi connectivity index (χ0v) is 16.0. The van der Waals surface area contributed by atoms with Gasteiger partial charge in [-0.25, -0.2) is 0 Å². The molecule has 0 spiro atoms. The summed E-state index contributed by atoms with van der Waals surface area (Å²) in [7, 11) is 1.00. The zero-order chi connectivity index (χ0) is 18.0. The number of hydrogen-bond acceptors (Lipinski definition) is 4. The summed E-state index contributed by atoms with van der Waals surface area (Å²) in [5.74, 6) is 0.911. The summed E-state index contributed by atoms with van der Waals surface area (Å²) < 4.78 is 11.5. The Bertz CT molecular complexity index is 410. The second-order valence-electron chi connectivity index (χ2n) is 6.79. The maximum Gasteiger partial charge on any atom is 0.0832 e. The lowest BCUT2D eigenvalue weighted by Crippen LogP contribution is -2.41. The summed E-state index contributed by atoms with van der Waals surface area (Å²) in [6.07, 6.45) is 11.3. The van der Waals surface area contributed by atoms with Gasteiger partial charge in [0, 0.05) is 26.6 Å². The van der Waals surface area contributed by atoms with Crippen molar-refractivity contribution in [1.82, 2.24) is 0 Å². The van der Waals surface area contributed by atoms with Crippen molar-refractivity contribution in [2.24, 2.45) is 5.92 Å². The van der Waals surface area contributed by atoms with E-state index >= 15 is 0 Å². The lowest BCUT2D eigenvalue weighted by Gasteiger charge is -2.34. The number of halogens is 1. The molecule has 0 radical (unpaired) electrons. The molecule has 0 bridgehead atoms. The first-order valence-corrected chi connectivity index (χ1v) is 9.37. The van der Waals surface area contributed by atoms with Crippen LogP contribution in [0.3, 0.4) is 0 Å². The lowest BCUT2D eigenvalue weighted by atomic mass is 9.91. The number of hydrogen-bond donors (Lipinski definition) is 2. The Morgan fingerprint density at radius 2 is 2.04 bits per heavy atom. The molecule has 2 saturated heterocycles. The van der Waals surface area contributed by atoms with E-state index < -0.39 is 5.60 Å². The van der Waals surface area contributed by atoms with E-state index in [1.165, 1.54) is 18.4 Å². The molecule has 0 saturated carbocycles. The third kappa shape index (κ3) is 7.24. The van der Waals surface area contributed by atoms with Gasteiger partial charge in [-0.15, -0.1) is 11.6 Å². The predicted molar refractivity (Wildman–Crippen MR) is 98.4 cm³/mol. The molecule has 4 nitrogen and oxygen atoms in total. The first-order chi connectivity index (χ1) is 11.5. The highest BCUT2D eigenvalue weighted by Gasteiger charge is 2.33. The summed E-state index contributed by atoms with van der Waals surface area (Å²) in [5.41, 5.74) is 0.433. The van der Waals surface area contributed by atoms with Crippen LogP contribution in [0.1, 0.15) is 46.0 Å². The maximum atomic E-state index is 10.2. The van der Waals surface area contributed by atoms with E-state index in [0.29, 0.717) is 31.5 Å². The third-order valence-electron chi connectivity index (χ3n) is 4.75. The fraction of sp³-hybridized carbons (Fsp3) is 0.789. The lowest BCUT2D eigenvalue weighted by molar-refractivity contribution is -0.0747. The van der Waals surface area contributed by atoms with Crippen LogP contribution in [-0.2, 0) is 9.47 Å². The van der Waals surface area contributed by atoms with Gasteiger partial charge in [0.05, 0.1) is 30.3 Å². The highest BCUT2D eigenvalue weighted by atomic mass is 35.5. The summed E-state index contributed by atoms with van der Waals surface area (Å²) in [6, 6.07) is 0. The van der Waals surface area contributed by atoms with Crippen molar-refractivity contribution in [2.45, 2.75) is 63.8 Å². The van der Waals surface area contributed by atoms with Crippen LogP contribution in [0.2, 0.25) is 0 Å². The quantitative estimate of drug-likeness (QED) is 0.582. The van der Waals surface area contributed by atoms with Gasteiger partial charge in [0.25, 0.3) is 0 Å². The molecule has 2 heterocycles. The van der Waals surface area contributed by atoms with Crippen LogP contribution in [0, 0.1) is 5.92 Å². The molecule has 0 aliphatic carbocycles. The van der Waals surface area contributed by atoms with Crippen molar-refractivity contribution in [3.63, 3.8) is 0 Å². The number of ether oxygens (including phenoxy) is 2.